The van der Waals surface area contributed by atoms with Gasteiger partial charge in [0.05, 0.1) is 31.4 Å². The van der Waals surface area contributed by atoms with Crippen molar-refractivity contribution in [1.29, 1.82) is 0 Å². The lowest BCUT2D eigenvalue weighted by Crippen LogP contribution is -2.28. The summed E-state index contributed by atoms with van der Waals surface area (Å²) in [5, 5.41) is 7.42. The number of aryl methyl sites for hydroxylation is 2. The number of ether oxygens (including phenoxy) is 2. The zero-order valence-corrected chi connectivity index (χ0v) is 15.3. The van der Waals surface area contributed by atoms with Crippen LogP contribution in [0.25, 0.3) is 0 Å². The molecule has 1 aliphatic rings. The third-order valence-corrected chi connectivity index (χ3v) is 4.65. The van der Waals surface area contributed by atoms with Crippen molar-refractivity contribution in [2.24, 2.45) is 7.05 Å². The highest BCUT2D eigenvalue weighted by Gasteiger charge is 2.17. The van der Waals surface area contributed by atoms with E-state index in [2.05, 4.69) is 10.4 Å². The molecule has 0 radical (unpaired) electrons. The molecule has 0 saturated heterocycles. The minimum atomic E-state index is -0.109. The summed E-state index contributed by atoms with van der Waals surface area (Å²) in [4.78, 5) is 12.4. The van der Waals surface area contributed by atoms with Gasteiger partial charge in [0.1, 0.15) is 0 Å². The molecule has 1 aromatic heterocycles. The maximum absolute atomic E-state index is 12.4. The molecule has 1 unspecified atom stereocenters. The lowest BCUT2D eigenvalue weighted by atomic mass is 10.1. The molecule has 1 aliphatic heterocycles. The average Bonchev–Trinajstić information content (AvgIpc) is 2.76. The van der Waals surface area contributed by atoms with Crippen molar-refractivity contribution in [2.75, 3.05) is 13.2 Å². The van der Waals surface area contributed by atoms with Crippen molar-refractivity contribution in [3.63, 3.8) is 0 Å². The number of benzene rings is 1. The average molecular weight is 343 g/mol. The van der Waals surface area contributed by atoms with Gasteiger partial charge in [-0.15, -0.1) is 0 Å². The molecule has 1 amide bonds. The molecule has 2 aromatic rings. The maximum Gasteiger partial charge on any atom is 0.225 e. The zero-order chi connectivity index (χ0) is 18.0. The number of aromatic nitrogens is 2. The maximum atomic E-state index is 12.4. The van der Waals surface area contributed by atoms with Crippen LogP contribution < -0.4 is 14.8 Å². The van der Waals surface area contributed by atoms with E-state index < -0.39 is 0 Å². The van der Waals surface area contributed by atoms with Crippen LogP contribution >= 0.6 is 0 Å². The van der Waals surface area contributed by atoms with E-state index in [9.17, 15) is 4.79 Å². The molecule has 1 N–H and O–H groups in total. The fourth-order valence-corrected chi connectivity index (χ4v) is 3.06. The van der Waals surface area contributed by atoms with Gasteiger partial charge >= 0.3 is 0 Å². The first-order valence-corrected chi connectivity index (χ1v) is 8.63. The number of carbonyl (C=O) groups excluding carboxylic acids is 1. The first-order valence-electron chi connectivity index (χ1n) is 8.63. The summed E-state index contributed by atoms with van der Waals surface area (Å²) in [5.74, 6) is 1.50. The highest BCUT2D eigenvalue weighted by atomic mass is 16.5. The first-order chi connectivity index (χ1) is 12.0. The van der Waals surface area contributed by atoms with Crippen LogP contribution in [0.3, 0.4) is 0 Å². The quantitative estimate of drug-likeness (QED) is 0.927. The highest BCUT2D eigenvalue weighted by molar-refractivity contribution is 5.79. The Bertz CT molecular complexity index is 782. The number of fused-ring (bicyclic) bond motifs is 1. The van der Waals surface area contributed by atoms with Crippen molar-refractivity contribution in [1.82, 2.24) is 15.1 Å². The standard InChI is InChI=1S/C19H25N3O3/c1-12(15-6-7-17-18(10-15)25-9-5-8-24-17)20-19(23)11-16-13(2)21-22(4)14(16)3/h6-7,10,12H,5,8-9,11H2,1-4H3,(H,20,23). The first kappa shape index (κ1) is 17.3. The van der Waals surface area contributed by atoms with E-state index in [0.717, 1.165) is 40.4 Å². The molecule has 6 heteroatoms. The molecule has 1 atom stereocenters. The molecular weight excluding hydrogens is 318 g/mol. The number of hydrogen-bond acceptors (Lipinski definition) is 4. The number of rotatable bonds is 4. The predicted octanol–water partition coefficient (Wildman–Crippen LogP) is 2.62. The van der Waals surface area contributed by atoms with Gasteiger partial charge < -0.3 is 14.8 Å². The molecule has 6 nitrogen and oxygen atoms in total. The van der Waals surface area contributed by atoms with Gasteiger partial charge in [-0.05, 0) is 38.5 Å². The number of amides is 1. The fraction of sp³-hybridized carbons (Fsp3) is 0.474. The molecule has 0 aliphatic carbocycles. The smallest absolute Gasteiger partial charge is 0.225 e. The molecule has 0 saturated carbocycles. The van der Waals surface area contributed by atoms with E-state index in [1.54, 1.807) is 0 Å². The van der Waals surface area contributed by atoms with Crippen LogP contribution in [-0.2, 0) is 18.3 Å². The Balaban J connectivity index is 1.68. The van der Waals surface area contributed by atoms with E-state index in [0.29, 0.717) is 19.6 Å². The van der Waals surface area contributed by atoms with Crippen molar-refractivity contribution < 1.29 is 14.3 Å². The lowest BCUT2D eigenvalue weighted by molar-refractivity contribution is -0.121. The predicted molar refractivity (Wildman–Crippen MR) is 95.0 cm³/mol. The summed E-state index contributed by atoms with van der Waals surface area (Å²) >= 11 is 0. The summed E-state index contributed by atoms with van der Waals surface area (Å²) in [6.07, 6.45) is 1.21. The summed E-state index contributed by atoms with van der Waals surface area (Å²) in [6, 6.07) is 5.72. The van der Waals surface area contributed by atoms with Gasteiger partial charge in [-0.2, -0.15) is 5.10 Å². The topological polar surface area (TPSA) is 65.4 Å². The molecule has 2 heterocycles. The van der Waals surface area contributed by atoms with E-state index in [4.69, 9.17) is 9.47 Å². The van der Waals surface area contributed by atoms with Crippen LogP contribution in [0.2, 0.25) is 0 Å². The summed E-state index contributed by atoms with van der Waals surface area (Å²) in [5.41, 5.74) is 3.91. The second kappa shape index (κ2) is 7.17. The second-order valence-corrected chi connectivity index (χ2v) is 6.50. The van der Waals surface area contributed by atoms with Gasteiger partial charge in [0.2, 0.25) is 5.91 Å². The lowest BCUT2D eigenvalue weighted by Gasteiger charge is -2.16. The Morgan fingerprint density at radius 3 is 2.68 bits per heavy atom. The molecular formula is C19H25N3O3. The largest absolute Gasteiger partial charge is 0.490 e. The van der Waals surface area contributed by atoms with E-state index >= 15 is 0 Å². The number of nitrogens with one attached hydrogen (secondary N) is 1. The zero-order valence-electron chi connectivity index (χ0n) is 15.3. The van der Waals surface area contributed by atoms with E-state index in [1.807, 2.05) is 50.7 Å². The monoisotopic (exact) mass is 343 g/mol. The Labute approximate surface area is 148 Å². The minimum absolute atomic E-state index is 0.0150. The van der Waals surface area contributed by atoms with Gasteiger partial charge in [-0.3, -0.25) is 9.48 Å². The van der Waals surface area contributed by atoms with Gasteiger partial charge in [-0.25, -0.2) is 0 Å². The Morgan fingerprint density at radius 1 is 1.28 bits per heavy atom. The number of carbonyl (C=O) groups is 1. The van der Waals surface area contributed by atoms with E-state index in [-0.39, 0.29) is 11.9 Å². The molecule has 0 fully saturated rings. The third-order valence-electron chi connectivity index (χ3n) is 4.65. The highest BCUT2D eigenvalue weighted by Crippen LogP contribution is 2.32. The second-order valence-electron chi connectivity index (χ2n) is 6.50. The third kappa shape index (κ3) is 3.78. The van der Waals surface area contributed by atoms with Crippen molar-refractivity contribution in [2.45, 2.75) is 39.7 Å². The minimum Gasteiger partial charge on any atom is -0.490 e. The molecule has 134 valence electrons. The van der Waals surface area contributed by atoms with Crippen LogP contribution in [-0.4, -0.2) is 28.9 Å². The summed E-state index contributed by atoms with van der Waals surface area (Å²) in [6.45, 7) is 7.21. The van der Waals surface area contributed by atoms with Crippen LogP contribution in [0.5, 0.6) is 11.5 Å². The SMILES string of the molecule is Cc1nn(C)c(C)c1CC(=O)NC(C)c1ccc2c(c1)OCCCO2. The van der Waals surface area contributed by atoms with Crippen LogP contribution in [0.1, 0.15) is 41.9 Å². The van der Waals surface area contributed by atoms with Crippen LogP contribution in [0, 0.1) is 13.8 Å². The number of nitrogens with zero attached hydrogens (tertiary/aromatic N) is 2. The molecule has 0 bridgehead atoms. The van der Waals surface area contributed by atoms with E-state index in [1.165, 1.54) is 0 Å². The molecule has 3 rings (SSSR count). The molecule has 25 heavy (non-hydrogen) atoms. The fourth-order valence-electron chi connectivity index (χ4n) is 3.06. The molecule has 0 spiro atoms. The normalized spacial score (nSPS) is 14.7. The van der Waals surface area contributed by atoms with Crippen LogP contribution in [0.15, 0.2) is 18.2 Å². The van der Waals surface area contributed by atoms with Crippen molar-refractivity contribution in [3.8, 4) is 11.5 Å². The summed E-state index contributed by atoms with van der Waals surface area (Å²) in [7, 11) is 1.89. The van der Waals surface area contributed by atoms with Gasteiger partial charge in [-0.1, -0.05) is 6.07 Å². The van der Waals surface area contributed by atoms with Gasteiger partial charge in [0, 0.05) is 24.7 Å². The van der Waals surface area contributed by atoms with Gasteiger partial charge in [0.15, 0.2) is 11.5 Å². The summed E-state index contributed by atoms with van der Waals surface area (Å²) < 4.78 is 13.2. The molecule has 1 aromatic carbocycles. The van der Waals surface area contributed by atoms with Gasteiger partial charge in [0.25, 0.3) is 0 Å². The van der Waals surface area contributed by atoms with Crippen LogP contribution in [0.4, 0.5) is 0 Å². The Kier molecular flexibility index (Phi) is 4.97. The van der Waals surface area contributed by atoms with Crippen molar-refractivity contribution in [3.05, 3.63) is 40.7 Å². The number of hydrogen-bond donors (Lipinski definition) is 1. The Hall–Kier alpha value is -2.50. The van der Waals surface area contributed by atoms with Crippen molar-refractivity contribution >= 4 is 5.91 Å². The Morgan fingerprint density at radius 2 is 2.00 bits per heavy atom.